The van der Waals surface area contributed by atoms with E-state index in [-0.39, 0.29) is 5.75 Å². The van der Waals surface area contributed by atoms with Crippen LogP contribution < -0.4 is 0 Å². The molecule has 3 atom stereocenters. The Morgan fingerprint density at radius 2 is 1.93 bits per heavy atom. The van der Waals surface area contributed by atoms with Crippen molar-refractivity contribution in [1.82, 2.24) is 0 Å². The van der Waals surface area contributed by atoms with Gasteiger partial charge in [0.2, 0.25) is 0 Å². The molecule has 2 saturated carbocycles. The van der Waals surface area contributed by atoms with E-state index in [1.165, 1.54) is 25.7 Å². The molecule has 2 heteroatoms. The van der Waals surface area contributed by atoms with Crippen LogP contribution in [0.4, 0.5) is 0 Å². The third-order valence-electron chi connectivity index (χ3n) is 4.15. The summed E-state index contributed by atoms with van der Waals surface area (Å²) >= 11 is 0. The Morgan fingerprint density at radius 1 is 1.07 bits per heavy atom. The van der Waals surface area contributed by atoms with Crippen molar-refractivity contribution in [3.05, 3.63) is 23.8 Å². The maximum Gasteiger partial charge on any atom is 0.119 e. The fraction of sp³-hybridized carbons (Fsp3) is 0.538. The van der Waals surface area contributed by atoms with E-state index in [0.717, 1.165) is 17.4 Å². The highest BCUT2D eigenvalue weighted by atomic mass is 16.3. The molecule has 2 aliphatic carbocycles. The minimum absolute atomic E-state index is 0.269. The molecule has 2 aliphatic rings. The lowest BCUT2D eigenvalue weighted by Gasteiger charge is -2.22. The zero-order valence-corrected chi connectivity index (χ0v) is 8.69. The summed E-state index contributed by atoms with van der Waals surface area (Å²) in [5.41, 5.74) is 0.960. The largest absolute Gasteiger partial charge is 0.508 e. The molecule has 2 bridgehead atoms. The number of phenolic OH excluding ortho intramolecular Hbond substituents is 2. The number of rotatable bonds is 1. The number of fused-ring (bicyclic) bond motifs is 2. The Kier molecular flexibility index (Phi) is 1.91. The van der Waals surface area contributed by atoms with Gasteiger partial charge in [-0.2, -0.15) is 0 Å². The zero-order valence-electron chi connectivity index (χ0n) is 8.69. The Hall–Kier alpha value is -1.18. The van der Waals surface area contributed by atoms with Crippen LogP contribution in [0.5, 0.6) is 11.5 Å². The number of hydrogen-bond donors (Lipinski definition) is 2. The fourth-order valence-electron chi connectivity index (χ4n) is 3.46. The van der Waals surface area contributed by atoms with E-state index < -0.39 is 0 Å². The molecule has 0 saturated heterocycles. The maximum atomic E-state index is 9.81. The highest BCUT2D eigenvalue weighted by Gasteiger charge is 2.41. The molecule has 0 amide bonds. The molecule has 0 heterocycles. The van der Waals surface area contributed by atoms with Crippen molar-refractivity contribution in [2.45, 2.75) is 31.6 Å². The van der Waals surface area contributed by atoms with E-state index in [9.17, 15) is 10.2 Å². The smallest absolute Gasteiger partial charge is 0.119 e. The lowest BCUT2D eigenvalue weighted by atomic mass is 9.83. The standard InChI is InChI=1S/C13H16O2/c14-10-3-4-13(15)12(7-10)11-6-8-1-2-9(11)5-8/h3-4,7-9,11,14-15H,1-2,5-6H2/t8?,9?,11-/m0/s1. The van der Waals surface area contributed by atoms with Crippen LogP contribution in [0.25, 0.3) is 0 Å². The van der Waals surface area contributed by atoms with E-state index in [1.54, 1.807) is 18.2 Å². The average molecular weight is 204 g/mol. The molecule has 2 nitrogen and oxygen atoms in total. The van der Waals surface area contributed by atoms with Crippen molar-refractivity contribution in [3.63, 3.8) is 0 Å². The summed E-state index contributed by atoms with van der Waals surface area (Å²) in [6.45, 7) is 0. The minimum atomic E-state index is 0.269. The van der Waals surface area contributed by atoms with Gasteiger partial charge in [-0.3, -0.25) is 0 Å². The van der Waals surface area contributed by atoms with Gasteiger partial charge in [-0.1, -0.05) is 6.42 Å². The van der Waals surface area contributed by atoms with Gasteiger partial charge in [0.25, 0.3) is 0 Å². The lowest BCUT2D eigenvalue weighted by molar-refractivity contribution is 0.393. The predicted octanol–water partition coefficient (Wildman–Crippen LogP) is 3.00. The zero-order chi connectivity index (χ0) is 10.4. The number of aromatic hydroxyl groups is 2. The highest BCUT2D eigenvalue weighted by molar-refractivity contribution is 5.42. The molecule has 0 radical (unpaired) electrons. The van der Waals surface area contributed by atoms with Crippen molar-refractivity contribution in [2.24, 2.45) is 11.8 Å². The van der Waals surface area contributed by atoms with Crippen LogP contribution in [-0.4, -0.2) is 10.2 Å². The SMILES string of the molecule is Oc1ccc(O)c([C@H]2CC3CCC2C3)c1. The van der Waals surface area contributed by atoms with Crippen molar-refractivity contribution >= 4 is 0 Å². The minimum Gasteiger partial charge on any atom is -0.508 e. The lowest BCUT2D eigenvalue weighted by Crippen LogP contribution is -2.08. The molecule has 3 rings (SSSR count). The van der Waals surface area contributed by atoms with Gasteiger partial charge < -0.3 is 10.2 Å². The first-order chi connectivity index (χ1) is 7.24. The van der Waals surface area contributed by atoms with Gasteiger partial charge in [-0.15, -0.1) is 0 Å². The van der Waals surface area contributed by atoms with Crippen LogP contribution in [0.3, 0.4) is 0 Å². The molecule has 0 spiro atoms. The summed E-state index contributed by atoms with van der Waals surface area (Å²) in [5, 5.41) is 19.3. The quantitative estimate of drug-likeness (QED) is 0.690. The third kappa shape index (κ3) is 1.39. The fourth-order valence-corrected chi connectivity index (χ4v) is 3.46. The van der Waals surface area contributed by atoms with Crippen molar-refractivity contribution in [2.75, 3.05) is 0 Å². The molecular formula is C13H16O2. The van der Waals surface area contributed by atoms with Crippen molar-refractivity contribution < 1.29 is 10.2 Å². The van der Waals surface area contributed by atoms with Crippen LogP contribution in [0.15, 0.2) is 18.2 Å². The van der Waals surface area contributed by atoms with Crippen LogP contribution >= 0.6 is 0 Å². The molecule has 1 aromatic rings. The van der Waals surface area contributed by atoms with Crippen LogP contribution in [0.2, 0.25) is 0 Å². The maximum absolute atomic E-state index is 9.81. The number of benzene rings is 1. The Balaban J connectivity index is 1.96. The Bertz CT molecular complexity index is 386. The van der Waals surface area contributed by atoms with Gasteiger partial charge in [0.1, 0.15) is 11.5 Å². The van der Waals surface area contributed by atoms with E-state index in [4.69, 9.17) is 0 Å². The van der Waals surface area contributed by atoms with Crippen LogP contribution in [0.1, 0.15) is 37.2 Å². The van der Waals surface area contributed by atoms with Gasteiger partial charge in [0, 0.05) is 5.56 Å². The first-order valence-corrected chi connectivity index (χ1v) is 5.76. The predicted molar refractivity (Wildman–Crippen MR) is 58.0 cm³/mol. The molecule has 1 aromatic carbocycles. The van der Waals surface area contributed by atoms with E-state index in [0.29, 0.717) is 11.7 Å². The molecule has 2 fully saturated rings. The van der Waals surface area contributed by atoms with E-state index >= 15 is 0 Å². The summed E-state index contributed by atoms with van der Waals surface area (Å²) in [4.78, 5) is 0. The summed E-state index contributed by atoms with van der Waals surface area (Å²) in [6.07, 6.45) is 5.17. The first-order valence-electron chi connectivity index (χ1n) is 5.76. The molecule has 2 unspecified atom stereocenters. The summed E-state index contributed by atoms with van der Waals surface area (Å²) in [5.74, 6) is 2.70. The second-order valence-corrected chi connectivity index (χ2v) is 5.02. The van der Waals surface area contributed by atoms with Gasteiger partial charge >= 0.3 is 0 Å². The summed E-state index contributed by atoms with van der Waals surface area (Å²) in [6, 6.07) is 4.89. The van der Waals surface area contributed by atoms with E-state index in [2.05, 4.69) is 0 Å². The Morgan fingerprint density at radius 3 is 2.60 bits per heavy atom. The van der Waals surface area contributed by atoms with Gasteiger partial charge in [-0.05, 0) is 55.2 Å². The van der Waals surface area contributed by atoms with Gasteiger partial charge in [0.05, 0.1) is 0 Å². The third-order valence-corrected chi connectivity index (χ3v) is 4.15. The summed E-state index contributed by atoms with van der Waals surface area (Å²) in [7, 11) is 0. The van der Waals surface area contributed by atoms with Crippen LogP contribution in [-0.2, 0) is 0 Å². The van der Waals surface area contributed by atoms with Gasteiger partial charge in [-0.25, -0.2) is 0 Å². The molecule has 15 heavy (non-hydrogen) atoms. The normalized spacial score (nSPS) is 33.5. The second kappa shape index (κ2) is 3.16. The molecule has 80 valence electrons. The van der Waals surface area contributed by atoms with Crippen LogP contribution in [0, 0.1) is 11.8 Å². The molecule has 0 aliphatic heterocycles. The second-order valence-electron chi connectivity index (χ2n) is 5.02. The monoisotopic (exact) mass is 204 g/mol. The molecule has 2 N–H and O–H groups in total. The highest BCUT2D eigenvalue weighted by Crippen LogP contribution is 2.54. The van der Waals surface area contributed by atoms with Gasteiger partial charge in [0.15, 0.2) is 0 Å². The first kappa shape index (κ1) is 9.08. The average Bonchev–Trinajstić information content (AvgIpc) is 2.83. The topological polar surface area (TPSA) is 40.5 Å². The van der Waals surface area contributed by atoms with Crippen molar-refractivity contribution in [1.29, 1.82) is 0 Å². The molecule has 0 aromatic heterocycles. The van der Waals surface area contributed by atoms with E-state index in [1.807, 2.05) is 0 Å². The number of hydrogen-bond acceptors (Lipinski definition) is 2. The molecular weight excluding hydrogens is 188 g/mol. The number of phenols is 2. The summed E-state index contributed by atoms with van der Waals surface area (Å²) < 4.78 is 0. The van der Waals surface area contributed by atoms with Crippen molar-refractivity contribution in [3.8, 4) is 11.5 Å². The Labute approximate surface area is 89.6 Å².